The number of benzene rings is 3. The predicted octanol–water partition coefficient (Wildman–Crippen LogP) is 5.42. The van der Waals surface area contributed by atoms with Crippen molar-refractivity contribution in [2.75, 3.05) is 12.4 Å². The van der Waals surface area contributed by atoms with Crippen LogP contribution in [-0.4, -0.2) is 13.0 Å². The summed E-state index contributed by atoms with van der Waals surface area (Å²) in [6.07, 6.45) is 1.83. The van der Waals surface area contributed by atoms with Crippen LogP contribution in [0.25, 0.3) is 11.6 Å². The van der Waals surface area contributed by atoms with Gasteiger partial charge in [-0.15, -0.1) is 0 Å². The molecule has 0 radical (unpaired) electrons. The molecule has 1 N–H and O–H groups in total. The second-order valence-electron chi connectivity index (χ2n) is 6.39. The van der Waals surface area contributed by atoms with Crippen LogP contribution in [0.3, 0.4) is 0 Å². The van der Waals surface area contributed by atoms with Crippen LogP contribution >= 0.6 is 11.6 Å². The van der Waals surface area contributed by atoms with Crippen molar-refractivity contribution in [2.24, 2.45) is 0 Å². The number of hydrogen-bond donors (Lipinski definition) is 1. The van der Waals surface area contributed by atoms with E-state index in [2.05, 4.69) is 5.32 Å². The molecule has 1 aliphatic heterocycles. The van der Waals surface area contributed by atoms with Gasteiger partial charge >= 0.3 is 0 Å². The van der Waals surface area contributed by atoms with Crippen LogP contribution < -0.4 is 14.8 Å². The lowest BCUT2D eigenvalue weighted by Crippen LogP contribution is -2.03. The molecule has 1 heterocycles. The zero-order chi connectivity index (χ0) is 19.5. The molecule has 0 aliphatic carbocycles. The first kappa shape index (κ1) is 18.1. The average Bonchev–Trinajstić information content (AvgIpc) is 3.02. The molecule has 0 bridgehead atoms. The van der Waals surface area contributed by atoms with E-state index < -0.39 is 0 Å². The smallest absolute Gasteiger partial charge is 0.256 e. The van der Waals surface area contributed by atoms with Crippen molar-refractivity contribution in [2.45, 2.75) is 6.61 Å². The van der Waals surface area contributed by atoms with Gasteiger partial charge in [0.25, 0.3) is 5.91 Å². The number of methoxy groups -OCH3 is 1. The number of amides is 1. The van der Waals surface area contributed by atoms with Crippen LogP contribution in [0, 0.1) is 0 Å². The maximum absolute atomic E-state index is 12.4. The molecule has 5 heteroatoms. The highest BCUT2D eigenvalue weighted by Crippen LogP contribution is 2.36. The molecule has 28 heavy (non-hydrogen) atoms. The third-order valence-electron chi connectivity index (χ3n) is 4.50. The summed E-state index contributed by atoms with van der Waals surface area (Å²) in [5, 5.41) is 3.44. The minimum atomic E-state index is -0.153. The molecule has 1 aliphatic rings. The van der Waals surface area contributed by atoms with Crippen molar-refractivity contribution in [3.63, 3.8) is 0 Å². The first-order valence-corrected chi connectivity index (χ1v) is 9.19. The highest BCUT2D eigenvalue weighted by atomic mass is 35.5. The van der Waals surface area contributed by atoms with Crippen molar-refractivity contribution >= 4 is 34.8 Å². The lowest BCUT2D eigenvalue weighted by molar-refractivity contribution is -0.110. The molecule has 0 unspecified atom stereocenters. The van der Waals surface area contributed by atoms with E-state index >= 15 is 0 Å². The third-order valence-corrected chi connectivity index (χ3v) is 4.74. The molecular formula is C23H18ClNO3. The van der Waals surface area contributed by atoms with E-state index in [-0.39, 0.29) is 5.91 Å². The number of hydrogen-bond acceptors (Lipinski definition) is 3. The van der Waals surface area contributed by atoms with Crippen molar-refractivity contribution in [3.05, 3.63) is 88.4 Å². The van der Waals surface area contributed by atoms with Gasteiger partial charge in [0.1, 0.15) is 6.61 Å². The summed E-state index contributed by atoms with van der Waals surface area (Å²) in [7, 11) is 1.60. The maximum Gasteiger partial charge on any atom is 0.256 e. The Morgan fingerprint density at radius 3 is 2.61 bits per heavy atom. The number of rotatable bonds is 5. The standard InChI is InChI=1S/C23H18ClNO3/c1-27-21-10-7-16(12-22(21)28-14-15-5-3-2-4-6-15)11-19-18-13-17(24)8-9-20(18)25-23(19)26/h2-13H,14H2,1H3,(H,25,26)/b19-11+. The molecule has 4 rings (SSSR count). The predicted molar refractivity (Wildman–Crippen MR) is 112 cm³/mol. The van der Waals surface area contributed by atoms with Gasteiger partial charge in [-0.25, -0.2) is 0 Å². The van der Waals surface area contributed by atoms with Crippen molar-refractivity contribution in [3.8, 4) is 11.5 Å². The quantitative estimate of drug-likeness (QED) is 0.591. The number of halogens is 1. The number of fused-ring (bicyclic) bond motifs is 1. The summed E-state index contributed by atoms with van der Waals surface area (Å²) in [5.74, 6) is 1.10. The maximum atomic E-state index is 12.4. The molecule has 1 amide bonds. The first-order chi connectivity index (χ1) is 13.6. The van der Waals surface area contributed by atoms with Gasteiger partial charge in [-0.2, -0.15) is 0 Å². The topological polar surface area (TPSA) is 47.6 Å². The van der Waals surface area contributed by atoms with Crippen molar-refractivity contribution in [1.82, 2.24) is 0 Å². The van der Waals surface area contributed by atoms with Gasteiger partial charge in [-0.3, -0.25) is 4.79 Å². The van der Waals surface area contributed by atoms with Gasteiger partial charge < -0.3 is 14.8 Å². The minimum absolute atomic E-state index is 0.153. The Balaban J connectivity index is 1.65. The molecule has 0 aromatic heterocycles. The van der Waals surface area contributed by atoms with Crippen LogP contribution in [0.15, 0.2) is 66.7 Å². The summed E-state index contributed by atoms with van der Waals surface area (Å²) in [4.78, 5) is 12.4. The highest BCUT2D eigenvalue weighted by molar-refractivity contribution is 6.36. The molecule has 140 valence electrons. The normalized spacial score (nSPS) is 13.9. The summed E-state index contributed by atoms with van der Waals surface area (Å²) in [6, 6.07) is 20.8. The molecular weight excluding hydrogens is 374 g/mol. The number of anilines is 1. The molecule has 0 saturated carbocycles. The van der Waals surface area contributed by atoms with Gasteiger partial charge in [0.15, 0.2) is 11.5 Å². The Morgan fingerprint density at radius 1 is 1.00 bits per heavy atom. The van der Waals surface area contributed by atoms with Crippen LogP contribution in [0.4, 0.5) is 5.69 Å². The summed E-state index contributed by atoms with van der Waals surface area (Å²) < 4.78 is 11.4. The summed E-state index contributed by atoms with van der Waals surface area (Å²) in [5.41, 5.74) is 4.01. The first-order valence-electron chi connectivity index (χ1n) is 8.82. The van der Waals surface area contributed by atoms with Crippen LogP contribution in [-0.2, 0) is 11.4 Å². The number of carbonyl (C=O) groups excluding carboxylic acids is 1. The van der Waals surface area contributed by atoms with Crippen molar-refractivity contribution in [1.29, 1.82) is 0 Å². The summed E-state index contributed by atoms with van der Waals surface area (Å²) in [6.45, 7) is 0.427. The summed E-state index contributed by atoms with van der Waals surface area (Å²) >= 11 is 6.10. The monoisotopic (exact) mass is 391 g/mol. The van der Waals surface area contributed by atoms with Gasteiger partial charge in [-0.05, 0) is 47.5 Å². The van der Waals surface area contributed by atoms with E-state index in [1.165, 1.54) is 0 Å². The lowest BCUT2D eigenvalue weighted by Gasteiger charge is -2.12. The van der Waals surface area contributed by atoms with E-state index in [1.54, 1.807) is 25.3 Å². The van der Waals surface area contributed by atoms with E-state index in [1.807, 2.05) is 54.6 Å². The molecule has 3 aromatic carbocycles. The molecule has 4 nitrogen and oxygen atoms in total. The SMILES string of the molecule is COc1ccc(/C=C2/C(=O)Nc3ccc(Cl)cc32)cc1OCc1ccccc1. The van der Waals surface area contributed by atoms with Gasteiger partial charge in [0.2, 0.25) is 0 Å². The van der Waals surface area contributed by atoms with E-state index in [0.29, 0.717) is 28.7 Å². The fraction of sp³-hybridized carbons (Fsp3) is 0.0870. The Bertz CT molecular complexity index is 1060. The Kier molecular flexibility index (Phi) is 5.04. The fourth-order valence-corrected chi connectivity index (χ4v) is 3.27. The molecule has 0 fully saturated rings. The van der Waals surface area contributed by atoms with E-state index in [9.17, 15) is 4.79 Å². The Morgan fingerprint density at radius 2 is 1.82 bits per heavy atom. The van der Waals surface area contributed by atoms with Crippen LogP contribution in [0.5, 0.6) is 11.5 Å². The van der Waals surface area contributed by atoms with E-state index in [0.717, 1.165) is 22.4 Å². The number of ether oxygens (including phenoxy) is 2. The minimum Gasteiger partial charge on any atom is -0.493 e. The van der Waals surface area contributed by atoms with Gasteiger partial charge in [0, 0.05) is 21.8 Å². The van der Waals surface area contributed by atoms with Crippen LogP contribution in [0.2, 0.25) is 5.02 Å². The largest absolute Gasteiger partial charge is 0.493 e. The molecule has 0 saturated heterocycles. The molecule has 0 atom stereocenters. The second kappa shape index (κ2) is 7.79. The van der Waals surface area contributed by atoms with Gasteiger partial charge in [-0.1, -0.05) is 48.0 Å². The molecule has 0 spiro atoms. The molecule has 3 aromatic rings. The number of nitrogens with one attached hydrogen (secondary N) is 1. The van der Waals surface area contributed by atoms with Crippen molar-refractivity contribution < 1.29 is 14.3 Å². The van der Waals surface area contributed by atoms with Crippen LogP contribution in [0.1, 0.15) is 16.7 Å². The number of carbonyl (C=O) groups is 1. The zero-order valence-corrected chi connectivity index (χ0v) is 16.0. The van der Waals surface area contributed by atoms with Gasteiger partial charge in [0.05, 0.1) is 7.11 Å². The van der Waals surface area contributed by atoms with E-state index in [4.69, 9.17) is 21.1 Å². The zero-order valence-electron chi connectivity index (χ0n) is 15.2. The highest BCUT2D eigenvalue weighted by Gasteiger charge is 2.24. The third kappa shape index (κ3) is 3.73. The fourth-order valence-electron chi connectivity index (χ4n) is 3.10. The average molecular weight is 392 g/mol. The Hall–Kier alpha value is -3.24. The second-order valence-corrected chi connectivity index (χ2v) is 6.82. The Labute approximate surface area is 168 Å². The lowest BCUT2D eigenvalue weighted by atomic mass is 10.0.